The molecule has 0 aromatic rings. The van der Waals surface area contributed by atoms with E-state index in [-0.39, 0.29) is 19.1 Å². The molecule has 0 aliphatic carbocycles. The molecule has 0 spiro atoms. The molecule has 0 aliphatic heterocycles. The van der Waals surface area contributed by atoms with Crippen LogP contribution >= 0.6 is 0 Å². The predicted octanol–water partition coefficient (Wildman–Crippen LogP) is -1.92. The minimum absolute atomic E-state index is 0.00463. The van der Waals surface area contributed by atoms with Gasteiger partial charge in [-0.25, -0.2) is 0 Å². The molecule has 5 heteroatoms. The molecule has 11 heavy (non-hydrogen) atoms. The fourth-order valence-electron chi connectivity index (χ4n) is 0.0577. The van der Waals surface area contributed by atoms with Crippen molar-refractivity contribution in [3.8, 4) is 0 Å². The molecular weight excluding hydrogens is 150 g/mol. The number of hydrogen-bond donors (Lipinski definition) is 4. The summed E-state index contributed by atoms with van der Waals surface area (Å²) in [6, 6.07) is 0. The summed E-state index contributed by atoms with van der Waals surface area (Å²) in [4.78, 5) is 9.70. The molecule has 0 saturated carbocycles. The maximum absolute atomic E-state index is 9.70. The van der Waals surface area contributed by atoms with Crippen molar-refractivity contribution in [2.75, 3.05) is 20.3 Å². The van der Waals surface area contributed by atoms with Crippen molar-refractivity contribution in [2.45, 2.75) is 13.0 Å². The van der Waals surface area contributed by atoms with Crippen molar-refractivity contribution in [1.29, 1.82) is 0 Å². The number of aliphatic hydroxyl groups excluding tert-OH is 3. The van der Waals surface area contributed by atoms with E-state index in [1.165, 1.54) is 6.92 Å². The van der Waals surface area contributed by atoms with Gasteiger partial charge in [-0.1, -0.05) is 0 Å². The van der Waals surface area contributed by atoms with Crippen molar-refractivity contribution in [2.24, 2.45) is 0 Å². The van der Waals surface area contributed by atoms with E-state index >= 15 is 0 Å². The summed E-state index contributed by atoms with van der Waals surface area (Å²) in [6.07, 6.45) is -0.954. The molecule has 4 N–H and O–H groups in total. The predicted molar refractivity (Wildman–Crippen MR) is 39.9 cm³/mol. The Bertz CT molecular complexity index is 92.6. The number of hydrogen-bond acceptors (Lipinski definition) is 4. The molecule has 0 unspecified atom stereocenters. The molecule has 0 radical (unpaired) electrons. The van der Waals surface area contributed by atoms with Gasteiger partial charge in [-0.15, -0.1) is 0 Å². The van der Waals surface area contributed by atoms with Gasteiger partial charge in [0.2, 0.25) is 5.91 Å². The van der Waals surface area contributed by atoms with Crippen LogP contribution in [0.3, 0.4) is 0 Å². The van der Waals surface area contributed by atoms with Crippen LogP contribution in [0.25, 0.3) is 0 Å². The van der Waals surface area contributed by atoms with Gasteiger partial charge < -0.3 is 20.6 Å². The van der Waals surface area contributed by atoms with Crippen LogP contribution in [0.2, 0.25) is 0 Å². The van der Waals surface area contributed by atoms with Crippen molar-refractivity contribution < 1.29 is 20.1 Å². The lowest BCUT2D eigenvalue weighted by molar-refractivity contribution is -0.118. The molecule has 0 fully saturated rings. The fourth-order valence-corrected chi connectivity index (χ4v) is 0.0577. The molecule has 5 nitrogen and oxygen atoms in total. The van der Waals surface area contributed by atoms with Gasteiger partial charge in [-0.3, -0.25) is 4.79 Å². The first-order valence-corrected chi connectivity index (χ1v) is 3.16. The molecule has 0 saturated heterocycles. The monoisotopic (exact) mass is 165 g/mol. The topological polar surface area (TPSA) is 89.8 Å². The standard InChI is InChI=1S/C3H7NO.C3H8O3/c1-3(5)4-2;4-1-3(6)2-5/h1-2H3,(H,4,5);3-6H,1-2H2. The van der Waals surface area contributed by atoms with Crippen LogP contribution in [-0.4, -0.2) is 47.6 Å². The lowest BCUT2D eigenvalue weighted by Crippen LogP contribution is -2.15. The maximum Gasteiger partial charge on any atom is 0.216 e. The minimum atomic E-state index is -0.954. The van der Waals surface area contributed by atoms with Crippen molar-refractivity contribution in [3.05, 3.63) is 0 Å². The van der Waals surface area contributed by atoms with Crippen LogP contribution in [0, 0.1) is 0 Å². The normalized spacial score (nSPS) is 8.55. The van der Waals surface area contributed by atoms with Crippen LogP contribution < -0.4 is 5.32 Å². The van der Waals surface area contributed by atoms with Gasteiger partial charge in [0.15, 0.2) is 0 Å². The molecule has 0 heterocycles. The number of aliphatic hydroxyl groups is 3. The highest BCUT2D eigenvalue weighted by atomic mass is 16.3. The van der Waals surface area contributed by atoms with E-state index in [2.05, 4.69) is 5.32 Å². The second kappa shape index (κ2) is 9.35. The average Bonchev–Trinajstić information content (AvgIpc) is 2.04. The van der Waals surface area contributed by atoms with Crippen molar-refractivity contribution >= 4 is 5.91 Å². The molecule has 0 aromatic heterocycles. The van der Waals surface area contributed by atoms with E-state index in [0.717, 1.165) is 0 Å². The van der Waals surface area contributed by atoms with E-state index in [9.17, 15) is 4.79 Å². The molecule has 0 aromatic carbocycles. The third-order valence-electron chi connectivity index (χ3n) is 0.774. The highest BCUT2D eigenvalue weighted by molar-refractivity contribution is 5.72. The van der Waals surface area contributed by atoms with E-state index in [1.54, 1.807) is 7.05 Å². The summed E-state index contributed by atoms with van der Waals surface area (Å²) in [7, 11) is 1.60. The molecule has 0 rings (SSSR count). The Balaban J connectivity index is 0. The highest BCUT2D eigenvalue weighted by Gasteiger charge is 1.93. The molecule has 68 valence electrons. The lowest BCUT2D eigenvalue weighted by atomic mass is 10.4. The van der Waals surface area contributed by atoms with E-state index in [1.807, 2.05) is 0 Å². The summed E-state index contributed by atoms with van der Waals surface area (Å²) in [6.45, 7) is 0.743. The van der Waals surface area contributed by atoms with E-state index in [0.29, 0.717) is 0 Å². The van der Waals surface area contributed by atoms with E-state index < -0.39 is 6.10 Å². The first kappa shape index (κ1) is 13.0. The number of carbonyl (C=O) groups excluding carboxylic acids is 1. The smallest absolute Gasteiger partial charge is 0.216 e. The van der Waals surface area contributed by atoms with Crippen molar-refractivity contribution in [3.63, 3.8) is 0 Å². The zero-order chi connectivity index (χ0) is 9.28. The third-order valence-corrected chi connectivity index (χ3v) is 0.774. The summed E-state index contributed by atoms with van der Waals surface area (Å²) in [5.74, 6) is 0.00463. The van der Waals surface area contributed by atoms with Crippen LogP contribution in [0.4, 0.5) is 0 Å². The Kier molecular flexibility index (Phi) is 11.0. The minimum Gasteiger partial charge on any atom is -0.394 e. The van der Waals surface area contributed by atoms with Gasteiger partial charge in [0.1, 0.15) is 6.10 Å². The summed E-state index contributed by atoms with van der Waals surface area (Å²) in [5, 5.41) is 26.4. The lowest BCUT2D eigenvalue weighted by Gasteiger charge is -1.96. The molecule has 0 aliphatic rings. The first-order valence-electron chi connectivity index (χ1n) is 3.16. The van der Waals surface area contributed by atoms with Gasteiger partial charge in [0, 0.05) is 14.0 Å². The summed E-state index contributed by atoms with van der Waals surface area (Å²) >= 11 is 0. The van der Waals surface area contributed by atoms with E-state index in [4.69, 9.17) is 15.3 Å². The first-order chi connectivity index (χ1) is 5.08. The van der Waals surface area contributed by atoms with Gasteiger partial charge in [0.25, 0.3) is 0 Å². The average molecular weight is 165 g/mol. The van der Waals surface area contributed by atoms with Gasteiger partial charge in [-0.2, -0.15) is 0 Å². The van der Waals surface area contributed by atoms with Crippen LogP contribution in [0.15, 0.2) is 0 Å². The van der Waals surface area contributed by atoms with Crippen molar-refractivity contribution in [1.82, 2.24) is 5.32 Å². The number of nitrogens with one attached hydrogen (secondary N) is 1. The second-order valence-electron chi connectivity index (χ2n) is 1.83. The zero-order valence-corrected chi connectivity index (χ0v) is 6.74. The highest BCUT2D eigenvalue weighted by Crippen LogP contribution is 1.71. The fraction of sp³-hybridized carbons (Fsp3) is 0.833. The Morgan fingerprint density at radius 3 is 1.73 bits per heavy atom. The maximum atomic E-state index is 9.70. The van der Waals surface area contributed by atoms with Gasteiger partial charge in [-0.05, 0) is 0 Å². The Hall–Kier alpha value is -0.650. The summed E-state index contributed by atoms with van der Waals surface area (Å²) in [5.41, 5.74) is 0. The summed E-state index contributed by atoms with van der Waals surface area (Å²) < 4.78 is 0. The van der Waals surface area contributed by atoms with Gasteiger partial charge in [0.05, 0.1) is 13.2 Å². The van der Waals surface area contributed by atoms with Gasteiger partial charge >= 0.3 is 0 Å². The molecule has 0 bridgehead atoms. The molecular formula is C6H15NO4. The number of carbonyl (C=O) groups is 1. The quantitative estimate of drug-likeness (QED) is 0.384. The number of rotatable bonds is 2. The Labute approximate surface area is 65.7 Å². The Morgan fingerprint density at radius 1 is 1.45 bits per heavy atom. The Morgan fingerprint density at radius 2 is 1.73 bits per heavy atom. The van der Waals surface area contributed by atoms with Crippen LogP contribution in [0.5, 0.6) is 0 Å². The van der Waals surface area contributed by atoms with Crippen LogP contribution in [0.1, 0.15) is 6.92 Å². The number of amides is 1. The zero-order valence-electron chi connectivity index (χ0n) is 6.74. The SMILES string of the molecule is CNC(C)=O.OCC(O)CO. The van der Waals surface area contributed by atoms with Crippen LogP contribution in [-0.2, 0) is 4.79 Å². The second-order valence-corrected chi connectivity index (χ2v) is 1.83. The largest absolute Gasteiger partial charge is 0.394 e. The third kappa shape index (κ3) is 17.6. The molecule has 0 atom stereocenters. The molecule has 1 amide bonds.